The molecule has 2 aromatic rings. The number of aryl methyl sites for hydroxylation is 1. The molecular formula is C21H19ClF3N3O4. The molecule has 2 N–H and O–H groups in total. The topological polar surface area (TPSA) is 93.5 Å². The van der Waals surface area contributed by atoms with E-state index < -0.39 is 35.7 Å². The molecule has 0 radical (unpaired) electrons. The molecule has 11 heteroatoms. The number of alkyl halides is 4. The lowest BCUT2D eigenvalue weighted by Crippen LogP contribution is -2.22. The maximum atomic E-state index is 13.2. The van der Waals surface area contributed by atoms with Crippen LogP contribution in [0.25, 0.3) is 5.70 Å². The van der Waals surface area contributed by atoms with E-state index in [1.54, 1.807) is 36.4 Å². The predicted molar refractivity (Wildman–Crippen MR) is 111 cm³/mol. The minimum absolute atomic E-state index is 0.0114. The van der Waals surface area contributed by atoms with Gasteiger partial charge >= 0.3 is 12.1 Å². The van der Waals surface area contributed by atoms with Gasteiger partial charge in [-0.25, -0.2) is 4.68 Å². The third-order valence-corrected chi connectivity index (χ3v) is 4.90. The van der Waals surface area contributed by atoms with Gasteiger partial charge in [-0.15, -0.1) is 11.6 Å². The number of aliphatic carboxylic acids is 1. The molecule has 1 aliphatic rings. The molecule has 32 heavy (non-hydrogen) atoms. The Morgan fingerprint density at radius 2 is 2.00 bits per heavy atom. The maximum Gasteiger partial charge on any atom is 0.435 e. The zero-order chi connectivity index (χ0) is 23.3. The maximum absolute atomic E-state index is 13.2. The van der Waals surface area contributed by atoms with E-state index in [0.29, 0.717) is 30.3 Å². The van der Waals surface area contributed by atoms with Crippen molar-refractivity contribution in [1.29, 1.82) is 0 Å². The number of anilines is 1. The molecule has 0 saturated carbocycles. The second-order valence-corrected chi connectivity index (χ2v) is 7.45. The van der Waals surface area contributed by atoms with E-state index >= 15 is 0 Å². The van der Waals surface area contributed by atoms with Crippen LogP contribution in [0.2, 0.25) is 0 Å². The molecule has 1 unspecified atom stereocenters. The Labute approximate surface area is 186 Å². The number of nitrogens with zero attached hydrogens (tertiary/aromatic N) is 2. The molecule has 1 atom stereocenters. The van der Waals surface area contributed by atoms with Gasteiger partial charge in [-0.1, -0.05) is 24.3 Å². The highest BCUT2D eigenvalue weighted by Gasteiger charge is 2.36. The summed E-state index contributed by atoms with van der Waals surface area (Å²) in [6.07, 6.45) is 1.02. The van der Waals surface area contributed by atoms with Gasteiger partial charge in [-0.3, -0.25) is 9.59 Å². The number of carbonyl (C=O) groups is 2. The Balaban J connectivity index is 1.67. The van der Waals surface area contributed by atoms with Crippen LogP contribution in [-0.2, 0) is 22.2 Å². The van der Waals surface area contributed by atoms with Crippen molar-refractivity contribution in [2.45, 2.75) is 30.8 Å². The number of allylic oxidation sites excluding steroid dienone is 4. The third kappa shape index (κ3) is 6.13. The van der Waals surface area contributed by atoms with Crippen molar-refractivity contribution < 1.29 is 32.6 Å². The number of halogens is 4. The first-order chi connectivity index (χ1) is 15.1. The molecular weight excluding hydrogens is 451 g/mol. The van der Waals surface area contributed by atoms with Gasteiger partial charge in [0, 0.05) is 18.2 Å². The number of aromatic nitrogens is 2. The number of hydrogen-bond donors (Lipinski definition) is 2. The highest BCUT2D eigenvalue weighted by molar-refractivity contribution is 6.25. The van der Waals surface area contributed by atoms with Crippen molar-refractivity contribution in [3.05, 3.63) is 59.8 Å². The number of rotatable bonds is 8. The largest absolute Gasteiger partial charge is 0.481 e. The average molecular weight is 470 g/mol. The van der Waals surface area contributed by atoms with Gasteiger partial charge < -0.3 is 15.2 Å². The summed E-state index contributed by atoms with van der Waals surface area (Å²) in [6.45, 7) is -0.556. The smallest absolute Gasteiger partial charge is 0.435 e. The highest BCUT2D eigenvalue weighted by Crippen LogP contribution is 2.34. The summed E-state index contributed by atoms with van der Waals surface area (Å²) in [7, 11) is 0. The van der Waals surface area contributed by atoms with Gasteiger partial charge in [-0.2, -0.15) is 18.3 Å². The first kappa shape index (κ1) is 23.4. The first-order valence-electron chi connectivity index (χ1n) is 9.55. The Bertz CT molecular complexity index is 1050. The minimum atomic E-state index is -4.69. The fourth-order valence-electron chi connectivity index (χ4n) is 2.93. The quantitative estimate of drug-likeness (QED) is 0.561. The standard InChI is InChI=1S/C21H19ClF3N3O4/c22-15-3-1-2-4-16(15)28-19(11-17(27-28)21(23,24)25)32-12-18(29)26-14-8-5-13(6-9-14)7-10-20(30)31/h1-2,4-6,8-9,11,15H,3,7,10,12H2,(H,26,29)(H,30,31). The summed E-state index contributed by atoms with van der Waals surface area (Å²) in [5.74, 6) is -1.76. The van der Waals surface area contributed by atoms with E-state index in [4.69, 9.17) is 21.4 Å². The number of carboxylic acids is 1. The van der Waals surface area contributed by atoms with Crippen molar-refractivity contribution >= 4 is 34.9 Å². The van der Waals surface area contributed by atoms with Crippen LogP contribution < -0.4 is 10.1 Å². The van der Waals surface area contributed by atoms with Gasteiger partial charge in [0.2, 0.25) is 5.88 Å². The average Bonchev–Trinajstić information content (AvgIpc) is 3.17. The van der Waals surface area contributed by atoms with Crippen LogP contribution in [0.15, 0.2) is 48.6 Å². The van der Waals surface area contributed by atoms with Crippen LogP contribution in [-0.4, -0.2) is 38.7 Å². The highest BCUT2D eigenvalue weighted by atomic mass is 35.5. The number of nitrogens with one attached hydrogen (secondary N) is 1. The first-order valence-corrected chi connectivity index (χ1v) is 9.99. The molecule has 3 rings (SSSR count). The van der Waals surface area contributed by atoms with Crippen molar-refractivity contribution in [2.24, 2.45) is 0 Å². The normalized spacial score (nSPS) is 15.9. The Hall–Kier alpha value is -3.27. The van der Waals surface area contributed by atoms with E-state index in [0.717, 1.165) is 10.2 Å². The molecule has 7 nitrogen and oxygen atoms in total. The number of carboxylic acid groups (broad SMARTS) is 1. The number of hydrogen-bond acceptors (Lipinski definition) is 4. The lowest BCUT2D eigenvalue weighted by atomic mass is 10.1. The predicted octanol–water partition coefficient (Wildman–Crippen LogP) is 4.34. The summed E-state index contributed by atoms with van der Waals surface area (Å²) in [4.78, 5) is 22.8. The third-order valence-electron chi connectivity index (χ3n) is 4.50. The van der Waals surface area contributed by atoms with Crippen molar-refractivity contribution in [1.82, 2.24) is 9.78 Å². The van der Waals surface area contributed by atoms with E-state index in [-0.39, 0.29) is 12.3 Å². The van der Waals surface area contributed by atoms with Crippen LogP contribution in [0.5, 0.6) is 5.88 Å². The lowest BCUT2D eigenvalue weighted by Gasteiger charge is -2.17. The molecule has 0 saturated heterocycles. The summed E-state index contributed by atoms with van der Waals surface area (Å²) in [6, 6.07) is 7.26. The molecule has 1 aromatic carbocycles. The van der Waals surface area contributed by atoms with Crippen LogP contribution in [0.4, 0.5) is 18.9 Å². The second kappa shape index (κ2) is 9.90. The van der Waals surface area contributed by atoms with E-state index in [9.17, 15) is 22.8 Å². The zero-order valence-corrected chi connectivity index (χ0v) is 17.4. The van der Waals surface area contributed by atoms with Crippen molar-refractivity contribution in [3.8, 4) is 5.88 Å². The molecule has 0 fully saturated rings. The number of ether oxygens (including phenoxy) is 1. The van der Waals surface area contributed by atoms with E-state index in [1.165, 1.54) is 6.08 Å². The van der Waals surface area contributed by atoms with Crippen LogP contribution >= 0.6 is 11.6 Å². The fourth-order valence-corrected chi connectivity index (χ4v) is 3.19. The SMILES string of the molecule is O=C(O)CCc1ccc(NC(=O)COc2cc(C(F)(F)F)nn2C2=CC=CCC2Cl)cc1. The van der Waals surface area contributed by atoms with E-state index in [2.05, 4.69) is 10.4 Å². The molecule has 1 heterocycles. The zero-order valence-electron chi connectivity index (χ0n) is 16.6. The molecule has 170 valence electrons. The molecule has 0 bridgehead atoms. The molecule has 1 aromatic heterocycles. The summed E-state index contributed by atoms with van der Waals surface area (Å²) < 4.78 is 45.8. The van der Waals surface area contributed by atoms with Gasteiger partial charge in [0.1, 0.15) is 0 Å². The number of benzene rings is 1. The van der Waals surface area contributed by atoms with Gasteiger partial charge in [0.15, 0.2) is 12.3 Å². The summed E-state index contributed by atoms with van der Waals surface area (Å²) in [5, 5.41) is 14.2. The monoisotopic (exact) mass is 469 g/mol. The van der Waals surface area contributed by atoms with Gasteiger partial charge in [0.05, 0.1) is 11.1 Å². The Morgan fingerprint density at radius 1 is 1.28 bits per heavy atom. The molecule has 0 aliphatic heterocycles. The van der Waals surface area contributed by atoms with Gasteiger partial charge in [0.25, 0.3) is 5.91 Å². The van der Waals surface area contributed by atoms with Crippen LogP contribution in [0.1, 0.15) is 24.1 Å². The Morgan fingerprint density at radius 3 is 2.62 bits per heavy atom. The van der Waals surface area contributed by atoms with Crippen molar-refractivity contribution in [3.63, 3.8) is 0 Å². The lowest BCUT2D eigenvalue weighted by molar-refractivity contribution is -0.141. The van der Waals surface area contributed by atoms with Crippen molar-refractivity contribution in [2.75, 3.05) is 11.9 Å². The summed E-state index contributed by atoms with van der Waals surface area (Å²) in [5.41, 5.74) is 0.361. The molecule has 1 aliphatic carbocycles. The van der Waals surface area contributed by atoms with Crippen LogP contribution in [0, 0.1) is 0 Å². The minimum Gasteiger partial charge on any atom is -0.481 e. The Kier molecular flexibility index (Phi) is 7.24. The fraction of sp³-hybridized carbons (Fsp3) is 0.286. The number of carbonyl (C=O) groups excluding carboxylic acids is 1. The second-order valence-electron chi connectivity index (χ2n) is 6.93. The number of amides is 1. The molecule has 0 spiro atoms. The summed E-state index contributed by atoms with van der Waals surface area (Å²) >= 11 is 6.21. The van der Waals surface area contributed by atoms with E-state index in [1.807, 2.05) is 0 Å². The van der Waals surface area contributed by atoms with Gasteiger partial charge in [-0.05, 0) is 36.6 Å². The molecule has 1 amide bonds. The van der Waals surface area contributed by atoms with Crippen LogP contribution in [0.3, 0.4) is 0 Å².